The highest BCUT2D eigenvalue weighted by molar-refractivity contribution is 6.32. The van der Waals surface area contributed by atoms with E-state index in [1.54, 1.807) is 0 Å². The first-order valence-electron chi connectivity index (χ1n) is 3.98. The molecule has 0 saturated carbocycles. The Morgan fingerprint density at radius 1 is 1.53 bits per heavy atom. The number of rotatable bonds is 4. The van der Waals surface area contributed by atoms with Crippen molar-refractivity contribution in [1.82, 2.24) is 9.97 Å². The van der Waals surface area contributed by atoms with Gasteiger partial charge in [-0.15, -0.1) is 0 Å². The lowest BCUT2D eigenvalue weighted by Crippen LogP contribution is -2.27. The molecule has 0 aromatic carbocycles. The van der Waals surface area contributed by atoms with Gasteiger partial charge >= 0.3 is 0 Å². The molecule has 0 aliphatic carbocycles. The SMILES string of the molecule is Nc1c(Cl)ncnc1NCC(O)C(F)F. The van der Waals surface area contributed by atoms with E-state index in [2.05, 4.69) is 15.3 Å². The van der Waals surface area contributed by atoms with Crippen molar-refractivity contribution < 1.29 is 13.9 Å². The number of hydrogen-bond acceptors (Lipinski definition) is 5. The average Bonchev–Trinajstić information content (AvgIpc) is 2.19. The molecule has 0 spiro atoms. The van der Waals surface area contributed by atoms with Crippen LogP contribution < -0.4 is 11.1 Å². The molecule has 0 radical (unpaired) electrons. The number of nitrogen functional groups attached to an aromatic ring is 1. The van der Waals surface area contributed by atoms with Crippen LogP contribution in [0.5, 0.6) is 0 Å². The van der Waals surface area contributed by atoms with Crippen molar-refractivity contribution in [3.8, 4) is 0 Å². The molecule has 15 heavy (non-hydrogen) atoms. The molecule has 4 N–H and O–H groups in total. The summed E-state index contributed by atoms with van der Waals surface area (Å²) >= 11 is 5.56. The van der Waals surface area contributed by atoms with Crippen LogP contribution in [-0.4, -0.2) is 34.1 Å². The first-order chi connectivity index (χ1) is 7.02. The molecule has 0 bridgehead atoms. The molecule has 0 aliphatic rings. The second kappa shape index (κ2) is 5.04. The lowest BCUT2D eigenvalue weighted by Gasteiger charge is -2.12. The van der Waals surface area contributed by atoms with Crippen molar-refractivity contribution in [2.45, 2.75) is 12.5 Å². The van der Waals surface area contributed by atoms with Gasteiger partial charge in [0, 0.05) is 6.54 Å². The van der Waals surface area contributed by atoms with E-state index in [9.17, 15) is 8.78 Å². The van der Waals surface area contributed by atoms with Gasteiger partial charge in [-0.1, -0.05) is 11.6 Å². The number of hydrogen-bond donors (Lipinski definition) is 3. The summed E-state index contributed by atoms with van der Waals surface area (Å²) in [5, 5.41) is 11.3. The number of nitrogens with zero attached hydrogens (tertiary/aromatic N) is 2. The summed E-state index contributed by atoms with van der Waals surface area (Å²) in [6, 6.07) is 0. The fourth-order valence-corrected chi connectivity index (χ4v) is 0.938. The minimum absolute atomic E-state index is 0.0269. The molecule has 1 aromatic rings. The van der Waals surface area contributed by atoms with E-state index < -0.39 is 12.5 Å². The molecule has 1 rings (SSSR count). The number of aliphatic hydroxyl groups excluding tert-OH is 1. The molecule has 8 heteroatoms. The van der Waals surface area contributed by atoms with Crippen molar-refractivity contribution in [2.24, 2.45) is 0 Å². The van der Waals surface area contributed by atoms with Gasteiger partial charge in [-0.2, -0.15) is 0 Å². The smallest absolute Gasteiger partial charge is 0.265 e. The van der Waals surface area contributed by atoms with Crippen molar-refractivity contribution in [1.29, 1.82) is 0 Å². The van der Waals surface area contributed by atoms with Crippen molar-refractivity contribution >= 4 is 23.1 Å². The van der Waals surface area contributed by atoms with E-state index in [1.807, 2.05) is 0 Å². The Hall–Kier alpha value is -1.21. The van der Waals surface area contributed by atoms with Gasteiger partial charge in [0.15, 0.2) is 11.0 Å². The van der Waals surface area contributed by atoms with Gasteiger partial charge < -0.3 is 16.2 Å². The molecule has 0 fully saturated rings. The summed E-state index contributed by atoms with van der Waals surface area (Å²) in [4.78, 5) is 7.26. The van der Waals surface area contributed by atoms with Gasteiger partial charge in [0.25, 0.3) is 6.43 Å². The minimum Gasteiger partial charge on any atom is -0.393 e. The third kappa shape index (κ3) is 3.14. The lowest BCUT2D eigenvalue weighted by atomic mass is 10.3. The maximum Gasteiger partial charge on any atom is 0.265 e. The van der Waals surface area contributed by atoms with Crippen LogP contribution in [0.1, 0.15) is 0 Å². The van der Waals surface area contributed by atoms with E-state index >= 15 is 0 Å². The first-order valence-corrected chi connectivity index (χ1v) is 4.36. The van der Waals surface area contributed by atoms with Gasteiger partial charge in [0.05, 0.1) is 0 Å². The lowest BCUT2D eigenvalue weighted by molar-refractivity contribution is 0.00381. The third-order valence-electron chi connectivity index (χ3n) is 1.60. The molecule has 1 atom stereocenters. The van der Waals surface area contributed by atoms with Crippen LogP contribution >= 0.6 is 11.6 Å². The average molecular weight is 239 g/mol. The molecule has 1 heterocycles. The summed E-state index contributed by atoms with van der Waals surface area (Å²) in [7, 11) is 0. The predicted molar refractivity (Wildman–Crippen MR) is 52.0 cm³/mol. The highest BCUT2D eigenvalue weighted by atomic mass is 35.5. The Kier molecular flexibility index (Phi) is 3.98. The quantitative estimate of drug-likeness (QED) is 0.674. The summed E-state index contributed by atoms with van der Waals surface area (Å²) in [5.41, 5.74) is 5.51. The van der Waals surface area contributed by atoms with Crippen molar-refractivity contribution in [3.05, 3.63) is 11.5 Å². The largest absolute Gasteiger partial charge is 0.393 e. The molecule has 0 saturated heterocycles. The maximum absolute atomic E-state index is 11.9. The number of anilines is 2. The number of halogens is 3. The second-order valence-electron chi connectivity index (χ2n) is 2.71. The van der Waals surface area contributed by atoms with Crippen molar-refractivity contribution in [3.63, 3.8) is 0 Å². The fourth-order valence-electron chi connectivity index (χ4n) is 0.805. The Bertz CT molecular complexity index is 339. The normalized spacial score (nSPS) is 12.9. The minimum atomic E-state index is -2.82. The molecule has 1 unspecified atom stereocenters. The van der Waals surface area contributed by atoms with Crippen LogP contribution in [0.2, 0.25) is 5.15 Å². The highest BCUT2D eigenvalue weighted by Crippen LogP contribution is 2.21. The van der Waals surface area contributed by atoms with Crippen molar-refractivity contribution in [2.75, 3.05) is 17.6 Å². The predicted octanol–water partition coefficient (Wildman–Crippen LogP) is 0.750. The molecular formula is C7H9ClF2N4O. The zero-order chi connectivity index (χ0) is 11.4. The van der Waals surface area contributed by atoms with E-state index in [4.69, 9.17) is 22.4 Å². The number of nitrogens with one attached hydrogen (secondary N) is 1. The van der Waals surface area contributed by atoms with Crippen LogP contribution in [0.3, 0.4) is 0 Å². The van der Waals surface area contributed by atoms with Crippen LogP contribution in [0.25, 0.3) is 0 Å². The summed E-state index contributed by atoms with van der Waals surface area (Å²) in [5.74, 6) is 0.120. The highest BCUT2D eigenvalue weighted by Gasteiger charge is 2.17. The van der Waals surface area contributed by atoms with Gasteiger partial charge in [-0.05, 0) is 0 Å². The number of aromatic nitrogens is 2. The standard InChI is InChI=1S/C7H9ClF2N4O/c8-5-4(11)7(14-2-13-5)12-1-3(15)6(9)10/h2-3,6,15H,1,11H2,(H,12,13,14). The monoisotopic (exact) mass is 238 g/mol. The Morgan fingerprint density at radius 3 is 2.80 bits per heavy atom. The van der Waals surface area contributed by atoms with Gasteiger partial charge in [-0.25, -0.2) is 18.7 Å². The zero-order valence-electron chi connectivity index (χ0n) is 7.49. The third-order valence-corrected chi connectivity index (χ3v) is 1.91. The maximum atomic E-state index is 11.9. The number of nitrogens with two attached hydrogens (primary N) is 1. The molecule has 84 valence electrons. The van der Waals surface area contributed by atoms with Crippen LogP contribution in [-0.2, 0) is 0 Å². The molecule has 0 aliphatic heterocycles. The van der Waals surface area contributed by atoms with Gasteiger partial charge in [0.1, 0.15) is 18.1 Å². The summed E-state index contributed by atoms with van der Waals surface area (Å²) in [6.45, 7) is -0.366. The Morgan fingerprint density at radius 2 is 2.20 bits per heavy atom. The van der Waals surface area contributed by atoms with Gasteiger partial charge in [0.2, 0.25) is 0 Å². The fraction of sp³-hybridized carbons (Fsp3) is 0.429. The molecule has 0 amide bonds. The van der Waals surface area contributed by atoms with Crippen LogP contribution in [0, 0.1) is 0 Å². The summed E-state index contributed by atoms with van der Waals surface area (Å²) < 4.78 is 23.9. The number of aliphatic hydroxyl groups is 1. The van der Waals surface area contributed by atoms with Gasteiger partial charge in [-0.3, -0.25) is 0 Å². The van der Waals surface area contributed by atoms with E-state index in [1.165, 1.54) is 0 Å². The first kappa shape index (κ1) is 11.9. The summed E-state index contributed by atoms with van der Waals surface area (Å²) in [6.07, 6.45) is -3.47. The van der Waals surface area contributed by atoms with Crippen LogP contribution in [0.15, 0.2) is 6.33 Å². The topological polar surface area (TPSA) is 84.1 Å². The molecule has 5 nitrogen and oxygen atoms in total. The van der Waals surface area contributed by atoms with E-state index in [-0.39, 0.29) is 23.2 Å². The van der Waals surface area contributed by atoms with E-state index in [0.29, 0.717) is 0 Å². The second-order valence-corrected chi connectivity index (χ2v) is 3.07. The zero-order valence-corrected chi connectivity index (χ0v) is 8.25. The number of alkyl halides is 2. The van der Waals surface area contributed by atoms with E-state index in [0.717, 1.165) is 6.33 Å². The Labute approximate surface area is 89.3 Å². The molecular weight excluding hydrogens is 230 g/mol. The Balaban J connectivity index is 2.62. The molecule has 1 aromatic heterocycles. The van der Waals surface area contributed by atoms with Crippen LogP contribution in [0.4, 0.5) is 20.3 Å².